The van der Waals surface area contributed by atoms with E-state index in [2.05, 4.69) is 0 Å². The number of carbonyl (C=O) groups excluding carboxylic acids is 1. The van der Waals surface area contributed by atoms with Crippen LogP contribution in [0.2, 0.25) is 0 Å². The number of amides is 1. The van der Waals surface area contributed by atoms with Crippen molar-refractivity contribution in [2.75, 3.05) is 43.0 Å². The lowest BCUT2D eigenvalue weighted by Gasteiger charge is -2.33. The first-order valence-corrected chi connectivity index (χ1v) is 11.7. The monoisotopic (exact) mass is 439 g/mol. The van der Waals surface area contributed by atoms with Crippen molar-refractivity contribution >= 4 is 38.6 Å². The summed E-state index contributed by atoms with van der Waals surface area (Å²) in [6.45, 7) is 5.48. The summed E-state index contributed by atoms with van der Waals surface area (Å²) in [5.74, 6) is 0.932. The first-order chi connectivity index (χ1) is 14.9. The van der Waals surface area contributed by atoms with Crippen molar-refractivity contribution in [2.45, 2.75) is 18.7 Å². The lowest BCUT2D eigenvalue weighted by atomic mass is 10.2. The lowest BCUT2D eigenvalue weighted by Crippen LogP contribution is -2.43. The standard InChI is InChI=1S/C22H25N5O3S/c1-4-26(5-2)31(29,30)17-12-10-16(11-13-17)22(28)27-15-14-25(3)20-21(27)24-19-9-7-6-8-18(19)23-20/h6-13H,4-5,14-15H2,1-3H3. The second-order valence-corrected chi connectivity index (χ2v) is 9.29. The van der Waals surface area contributed by atoms with Gasteiger partial charge >= 0.3 is 0 Å². The van der Waals surface area contributed by atoms with E-state index in [-0.39, 0.29) is 10.8 Å². The van der Waals surface area contributed by atoms with Crippen molar-refractivity contribution in [3.8, 4) is 0 Å². The number of carbonyl (C=O) groups is 1. The number of nitrogens with zero attached hydrogens (tertiary/aromatic N) is 5. The highest BCUT2D eigenvalue weighted by atomic mass is 32.2. The number of likely N-dealkylation sites (N-methyl/N-ethyl adjacent to an activating group) is 1. The summed E-state index contributed by atoms with van der Waals surface area (Å²) >= 11 is 0. The fourth-order valence-corrected chi connectivity index (χ4v) is 5.17. The summed E-state index contributed by atoms with van der Waals surface area (Å²) in [5.41, 5.74) is 1.90. The Morgan fingerprint density at radius 2 is 1.52 bits per heavy atom. The van der Waals surface area contributed by atoms with Crippen LogP contribution in [0.5, 0.6) is 0 Å². The van der Waals surface area contributed by atoms with Crippen LogP contribution in [0.25, 0.3) is 11.0 Å². The molecular weight excluding hydrogens is 414 g/mol. The van der Waals surface area contributed by atoms with Gasteiger partial charge in [0.15, 0.2) is 11.6 Å². The summed E-state index contributed by atoms with van der Waals surface area (Å²) in [7, 11) is -1.64. The molecule has 0 aliphatic carbocycles. The summed E-state index contributed by atoms with van der Waals surface area (Å²) in [5, 5.41) is 0. The Kier molecular flexibility index (Phi) is 5.63. The minimum Gasteiger partial charge on any atom is -0.355 e. The molecule has 9 heteroatoms. The van der Waals surface area contributed by atoms with Crippen molar-refractivity contribution in [3.63, 3.8) is 0 Å². The Morgan fingerprint density at radius 1 is 0.935 bits per heavy atom. The highest BCUT2D eigenvalue weighted by molar-refractivity contribution is 7.89. The normalized spacial score (nSPS) is 14.2. The maximum atomic E-state index is 13.3. The number of aromatic nitrogens is 2. The summed E-state index contributed by atoms with van der Waals surface area (Å²) in [6, 6.07) is 13.7. The highest BCUT2D eigenvalue weighted by Gasteiger charge is 2.30. The molecule has 8 nitrogen and oxygen atoms in total. The Bertz CT molecular complexity index is 1220. The van der Waals surface area contributed by atoms with Crippen LogP contribution in [0.1, 0.15) is 24.2 Å². The van der Waals surface area contributed by atoms with Crippen molar-refractivity contribution in [1.82, 2.24) is 14.3 Å². The van der Waals surface area contributed by atoms with Crippen LogP contribution >= 0.6 is 0 Å². The van der Waals surface area contributed by atoms with E-state index in [1.807, 2.05) is 36.2 Å². The van der Waals surface area contributed by atoms with Crippen LogP contribution in [0, 0.1) is 0 Å². The number of benzene rings is 2. The molecule has 2 heterocycles. The number of sulfonamides is 1. The lowest BCUT2D eigenvalue weighted by molar-refractivity contribution is 0.0985. The molecule has 3 aromatic rings. The zero-order valence-corrected chi connectivity index (χ0v) is 18.6. The van der Waals surface area contributed by atoms with Crippen molar-refractivity contribution in [2.24, 2.45) is 0 Å². The third-order valence-corrected chi connectivity index (χ3v) is 7.56. The van der Waals surface area contributed by atoms with Crippen LogP contribution < -0.4 is 9.80 Å². The first kappa shape index (κ1) is 21.2. The minimum absolute atomic E-state index is 0.178. The Morgan fingerprint density at radius 3 is 2.10 bits per heavy atom. The zero-order chi connectivity index (χ0) is 22.2. The molecular formula is C22H25N5O3S. The molecule has 1 aliphatic heterocycles. The number of para-hydroxylation sites is 2. The van der Waals surface area contributed by atoms with Crippen LogP contribution in [-0.4, -0.2) is 61.8 Å². The predicted molar refractivity (Wildman–Crippen MR) is 121 cm³/mol. The van der Waals surface area contributed by atoms with Crippen LogP contribution in [0.3, 0.4) is 0 Å². The quantitative estimate of drug-likeness (QED) is 0.608. The zero-order valence-electron chi connectivity index (χ0n) is 17.8. The molecule has 1 aliphatic rings. The molecule has 1 amide bonds. The fourth-order valence-electron chi connectivity index (χ4n) is 3.72. The van der Waals surface area contributed by atoms with E-state index in [0.29, 0.717) is 43.4 Å². The molecule has 2 aromatic carbocycles. The smallest absolute Gasteiger partial charge is 0.259 e. The first-order valence-electron chi connectivity index (χ1n) is 10.3. The van der Waals surface area contributed by atoms with Gasteiger partial charge in [0.05, 0.1) is 15.9 Å². The van der Waals surface area contributed by atoms with E-state index < -0.39 is 10.0 Å². The third-order valence-electron chi connectivity index (χ3n) is 5.50. The summed E-state index contributed by atoms with van der Waals surface area (Å²) < 4.78 is 26.8. The van der Waals surface area contributed by atoms with E-state index in [0.717, 1.165) is 11.0 Å². The third kappa shape index (κ3) is 3.75. The second kappa shape index (κ2) is 8.24. The molecule has 0 bridgehead atoms. The molecule has 0 unspecified atom stereocenters. The van der Waals surface area contributed by atoms with Crippen LogP contribution in [0.15, 0.2) is 53.4 Å². The van der Waals surface area contributed by atoms with E-state index in [1.54, 1.807) is 30.9 Å². The van der Waals surface area contributed by atoms with E-state index >= 15 is 0 Å². The number of anilines is 2. The molecule has 0 saturated carbocycles. The van der Waals surface area contributed by atoms with Crippen molar-refractivity contribution in [1.29, 1.82) is 0 Å². The van der Waals surface area contributed by atoms with Crippen LogP contribution in [0.4, 0.5) is 11.6 Å². The summed E-state index contributed by atoms with van der Waals surface area (Å²) in [4.78, 5) is 26.5. The average molecular weight is 440 g/mol. The van der Waals surface area contributed by atoms with Gasteiger partial charge in [-0.25, -0.2) is 18.4 Å². The van der Waals surface area contributed by atoms with Gasteiger partial charge in [0.1, 0.15) is 0 Å². The Hall–Kier alpha value is -3.04. The maximum Gasteiger partial charge on any atom is 0.259 e. The molecule has 0 N–H and O–H groups in total. The Labute approximate surface area is 182 Å². The van der Waals surface area contributed by atoms with Gasteiger partial charge in [-0.05, 0) is 36.4 Å². The van der Waals surface area contributed by atoms with Gasteiger partial charge < -0.3 is 4.90 Å². The fraction of sp³-hybridized carbons (Fsp3) is 0.318. The number of rotatable bonds is 5. The molecule has 0 spiro atoms. The topological polar surface area (TPSA) is 86.7 Å². The molecule has 0 saturated heterocycles. The number of hydrogen-bond donors (Lipinski definition) is 0. The molecule has 0 radical (unpaired) electrons. The largest absolute Gasteiger partial charge is 0.355 e. The van der Waals surface area contributed by atoms with Gasteiger partial charge in [0.25, 0.3) is 5.91 Å². The minimum atomic E-state index is -3.57. The van der Waals surface area contributed by atoms with Gasteiger partial charge in [-0.3, -0.25) is 9.69 Å². The van der Waals surface area contributed by atoms with Crippen molar-refractivity contribution < 1.29 is 13.2 Å². The van der Waals surface area contributed by atoms with Gasteiger partial charge in [-0.2, -0.15) is 4.31 Å². The number of hydrogen-bond acceptors (Lipinski definition) is 6. The molecule has 31 heavy (non-hydrogen) atoms. The highest BCUT2D eigenvalue weighted by Crippen LogP contribution is 2.31. The number of fused-ring (bicyclic) bond motifs is 2. The van der Waals surface area contributed by atoms with E-state index in [9.17, 15) is 13.2 Å². The molecule has 4 rings (SSSR count). The molecule has 1 aromatic heterocycles. The average Bonchev–Trinajstić information content (AvgIpc) is 2.78. The Balaban J connectivity index is 1.68. The predicted octanol–water partition coefficient (Wildman–Crippen LogP) is 2.76. The van der Waals surface area contributed by atoms with Crippen LogP contribution in [-0.2, 0) is 10.0 Å². The van der Waals surface area contributed by atoms with E-state index in [4.69, 9.17) is 9.97 Å². The van der Waals surface area contributed by atoms with E-state index in [1.165, 1.54) is 16.4 Å². The van der Waals surface area contributed by atoms with Gasteiger partial charge in [-0.1, -0.05) is 26.0 Å². The van der Waals surface area contributed by atoms with Gasteiger partial charge in [0.2, 0.25) is 10.0 Å². The molecule has 0 atom stereocenters. The van der Waals surface area contributed by atoms with Gasteiger partial charge in [-0.15, -0.1) is 0 Å². The SMILES string of the molecule is CCN(CC)S(=O)(=O)c1ccc(C(=O)N2CCN(C)c3nc4ccccc4nc32)cc1. The van der Waals surface area contributed by atoms with Crippen molar-refractivity contribution in [3.05, 3.63) is 54.1 Å². The maximum absolute atomic E-state index is 13.3. The molecule has 162 valence electrons. The molecule has 0 fully saturated rings. The second-order valence-electron chi connectivity index (χ2n) is 7.35. The van der Waals surface area contributed by atoms with Gasteiger partial charge in [0, 0.05) is 38.8 Å². The summed E-state index contributed by atoms with van der Waals surface area (Å²) in [6.07, 6.45) is 0.